The van der Waals surface area contributed by atoms with Crippen molar-refractivity contribution in [3.05, 3.63) is 83.9 Å². The van der Waals surface area contributed by atoms with E-state index in [1.165, 1.54) is 22.3 Å². The molecule has 0 fully saturated rings. The van der Waals surface area contributed by atoms with Gasteiger partial charge in [0.1, 0.15) is 0 Å². The average molecular weight is 246 g/mol. The fraction of sp³-hybridized carbons (Fsp3) is 0.158. The zero-order valence-electron chi connectivity index (χ0n) is 11.4. The molecule has 1 aliphatic rings. The van der Waals surface area contributed by atoms with Crippen LogP contribution in [0.4, 0.5) is 0 Å². The van der Waals surface area contributed by atoms with Gasteiger partial charge in [0.2, 0.25) is 0 Å². The SMILES string of the molecule is CC1(C)C(c2ccccc2)=CC=C1c1ccccc1. The summed E-state index contributed by atoms with van der Waals surface area (Å²) in [6.45, 7) is 4.61. The van der Waals surface area contributed by atoms with Crippen molar-refractivity contribution in [3.63, 3.8) is 0 Å². The third kappa shape index (κ3) is 2.04. The van der Waals surface area contributed by atoms with Crippen molar-refractivity contribution in [2.45, 2.75) is 13.8 Å². The molecular weight excluding hydrogens is 228 g/mol. The number of hydrogen-bond donors (Lipinski definition) is 0. The minimum absolute atomic E-state index is 0.0582. The lowest BCUT2D eigenvalue weighted by molar-refractivity contribution is 0.682. The van der Waals surface area contributed by atoms with Crippen LogP contribution in [0.15, 0.2) is 72.8 Å². The number of hydrogen-bond acceptors (Lipinski definition) is 0. The van der Waals surface area contributed by atoms with Crippen LogP contribution >= 0.6 is 0 Å². The number of rotatable bonds is 2. The van der Waals surface area contributed by atoms with Crippen molar-refractivity contribution in [2.75, 3.05) is 0 Å². The second kappa shape index (κ2) is 4.55. The molecule has 0 saturated heterocycles. The highest BCUT2D eigenvalue weighted by molar-refractivity contribution is 5.92. The lowest BCUT2D eigenvalue weighted by Gasteiger charge is -2.28. The highest BCUT2D eigenvalue weighted by atomic mass is 14.4. The third-order valence-corrected chi connectivity index (χ3v) is 3.93. The van der Waals surface area contributed by atoms with Crippen molar-refractivity contribution in [1.29, 1.82) is 0 Å². The van der Waals surface area contributed by atoms with Crippen molar-refractivity contribution < 1.29 is 0 Å². The summed E-state index contributed by atoms with van der Waals surface area (Å²) in [6, 6.07) is 21.3. The van der Waals surface area contributed by atoms with E-state index in [1.54, 1.807) is 0 Å². The van der Waals surface area contributed by atoms with Crippen LogP contribution < -0.4 is 0 Å². The maximum atomic E-state index is 2.30. The van der Waals surface area contributed by atoms with Gasteiger partial charge in [-0.1, -0.05) is 86.7 Å². The molecule has 0 aromatic heterocycles. The Kier molecular flexibility index (Phi) is 2.87. The molecule has 0 spiro atoms. The van der Waals surface area contributed by atoms with Crippen LogP contribution in [-0.4, -0.2) is 0 Å². The van der Waals surface area contributed by atoms with E-state index in [2.05, 4.69) is 86.7 Å². The first-order valence-corrected chi connectivity index (χ1v) is 6.73. The Hall–Kier alpha value is -2.08. The molecule has 0 heterocycles. The topological polar surface area (TPSA) is 0 Å². The van der Waals surface area contributed by atoms with Gasteiger partial charge in [-0.05, 0) is 22.3 Å². The lowest BCUT2D eigenvalue weighted by Crippen LogP contribution is -2.13. The Balaban J connectivity index is 1.99. The van der Waals surface area contributed by atoms with Crippen LogP contribution in [0.25, 0.3) is 11.1 Å². The first-order chi connectivity index (χ1) is 9.19. The fourth-order valence-corrected chi connectivity index (χ4v) is 2.88. The molecular formula is C19H18. The second-order valence-electron chi connectivity index (χ2n) is 5.52. The van der Waals surface area contributed by atoms with Crippen LogP contribution in [0.1, 0.15) is 25.0 Å². The summed E-state index contributed by atoms with van der Waals surface area (Å²) in [5, 5.41) is 0. The largest absolute Gasteiger partial charge is 0.0622 e. The van der Waals surface area contributed by atoms with Crippen LogP contribution in [0.2, 0.25) is 0 Å². The van der Waals surface area contributed by atoms with Gasteiger partial charge in [0.25, 0.3) is 0 Å². The summed E-state index contributed by atoms with van der Waals surface area (Å²) in [4.78, 5) is 0. The van der Waals surface area contributed by atoms with Gasteiger partial charge in [0, 0.05) is 5.41 Å². The van der Waals surface area contributed by atoms with E-state index in [0.717, 1.165) is 0 Å². The summed E-state index contributed by atoms with van der Waals surface area (Å²) in [5.41, 5.74) is 5.48. The Bertz CT molecular complexity index is 571. The Morgan fingerprint density at radius 1 is 0.579 bits per heavy atom. The summed E-state index contributed by atoms with van der Waals surface area (Å²) in [5.74, 6) is 0. The maximum Gasteiger partial charge on any atom is 0.0158 e. The van der Waals surface area contributed by atoms with E-state index >= 15 is 0 Å². The number of allylic oxidation sites excluding steroid dienone is 4. The molecule has 3 rings (SSSR count). The van der Waals surface area contributed by atoms with Gasteiger partial charge in [0.05, 0.1) is 0 Å². The molecule has 0 bridgehead atoms. The predicted molar refractivity (Wildman–Crippen MR) is 82.6 cm³/mol. The monoisotopic (exact) mass is 246 g/mol. The van der Waals surface area contributed by atoms with Crippen molar-refractivity contribution >= 4 is 11.1 Å². The molecule has 2 aromatic rings. The Labute approximate surface area is 115 Å². The molecule has 2 aromatic carbocycles. The fourth-order valence-electron chi connectivity index (χ4n) is 2.88. The van der Waals surface area contributed by atoms with Crippen LogP contribution in [0, 0.1) is 5.41 Å². The van der Waals surface area contributed by atoms with Gasteiger partial charge in [-0.2, -0.15) is 0 Å². The molecule has 0 amide bonds. The summed E-state index contributed by atoms with van der Waals surface area (Å²) < 4.78 is 0. The molecule has 94 valence electrons. The molecule has 0 heteroatoms. The average Bonchev–Trinajstić information content (AvgIpc) is 2.76. The maximum absolute atomic E-state index is 2.30. The van der Waals surface area contributed by atoms with E-state index in [0.29, 0.717) is 0 Å². The molecule has 0 saturated carbocycles. The number of benzene rings is 2. The van der Waals surface area contributed by atoms with E-state index in [-0.39, 0.29) is 5.41 Å². The van der Waals surface area contributed by atoms with Gasteiger partial charge in [-0.3, -0.25) is 0 Å². The molecule has 0 aliphatic heterocycles. The molecule has 0 radical (unpaired) electrons. The highest BCUT2D eigenvalue weighted by Crippen LogP contribution is 2.49. The summed E-state index contributed by atoms with van der Waals surface area (Å²) in [7, 11) is 0. The molecule has 1 aliphatic carbocycles. The minimum atomic E-state index is 0.0582. The zero-order chi connectivity index (χ0) is 13.3. The van der Waals surface area contributed by atoms with Crippen LogP contribution in [0.5, 0.6) is 0 Å². The lowest BCUT2D eigenvalue weighted by atomic mass is 9.75. The van der Waals surface area contributed by atoms with E-state index in [1.807, 2.05) is 0 Å². The zero-order valence-corrected chi connectivity index (χ0v) is 11.4. The molecule has 19 heavy (non-hydrogen) atoms. The third-order valence-electron chi connectivity index (χ3n) is 3.93. The summed E-state index contributed by atoms with van der Waals surface area (Å²) in [6.07, 6.45) is 4.52. The highest BCUT2D eigenvalue weighted by Gasteiger charge is 2.32. The first-order valence-electron chi connectivity index (χ1n) is 6.73. The van der Waals surface area contributed by atoms with E-state index in [9.17, 15) is 0 Å². The Morgan fingerprint density at radius 2 is 0.947 bits per heavy atom. The molecule has 0 unspecified atom stereocenters. The van der Waals surface area contributed by atoms with Gasteiger partial charge in [-0.15, -0.1) is 0 Å². The van der Waals surface area contributed by atoms with Gasteiger partial charge < -0.3 is 0 Å². The summed E-state index contributed by atoms with van der Waals surface area (Å²) >= 11 is 0. The van der Waals surface area contributed by atoms with Crippen LogP contribution in [0.3, 0.4) is 0 Å². The predicted octanol–water partition coefficient (Wildman–Crippen LogP) is 5.19. The standard InChI is InChI=1S/C19H18/c1-19(2)17(15-9-5-3-6-10-15)13-14-18(19)16-11-7-4-8-12-16/h3-14H,1-2H3. The normalized spacial score (nSPS) is 16.9. The van der Waals surface area contributed by atoms with E-state index in [4.69, 9.17) is 0 Å². The van der Waals surface area contributed by atoms with Crippen molar-refractivity contribution in [1.82, 2.24) is 0 Å². The quantitative estimate of drug-likeness (QED) is 0.683. The molecule has 0 N–H and O–H groups in total. The second-order valence-corrected chi connectivity index (χ2v) is 5.52. The van der Waals surface area contributed by atoms with Crippen molar-refractivity contribution in [2.24, 2.45) is 5.41 Å². The molecule has 0 atom stereocenters. The first kappa shape index (κ1) is 12.0. The smallest absolute Gasteiger partial charge is 0.0158 e. The van der Waals surface area contributed by atoms with Crippen LogP contribution in [-0.2, 0) is 0 Å². The van der Waals surface area contributed by atoms with Gasteiger partial charge in [0.15, 0.2) is 0 Å². The van der Waals surface area contributed by atoms with Gasteiger partial charge >= 0.3 is 0 Å². The molecule has 0 nitrogen and oxygen atoms in total. The van der Waals surface area contributed by atoms with E-state index < -0.39 is 0 Å². The van der Waals surface area contributed by atoms with Gasteiger partial charge in [-0.25, -0.2) is 0 Å². The Morgan fingerprint density at radius 3 is 1.32 bits per heavy atom. The van der Waals surface area contributed by atoms with Crippen molar-refractivity contribution in [3.8, 4) is 0 Å². The minimum Gasteiger partial charge on any atom is -0.0622 e.